The molecule has 1 aromatic heterocycles. The molecule has 3 unspecified atom stereocenters. The van der Waals surface area contributed by atoms with Gasteiger partial charge < -0.3 is 19.3 Å². The average molecular weight is 419 g/mol. The smallest absolute Gasteiger partial charge is 0.336 e. The van der Waals surface area contributed by atoms with Gasteiger partial charge in [-0.3, -0.25) is 0 Å². The molecule has 3 heterocycles. The van der Waals surface area contributed by atoms with Crippen molar-refractivity contribution in [1.29, 1.82) is 0 Å². The zero-order chi connectivity index (χ0) is 21.4. The lowest BCUT2D eigenvalue weighted by molar-refractivity contribution is 0.0885. The van der Waals surface area contributed by atoms with Crippen LogP contribution in [-0.4, -0.2) is 56.9 Å². The molecule has 3 atom stereocenters. The fourth-order valence-electron chi connectivity index (χ4n) is 3.38. The average Bonchev–Trinajstić information content (AvgIpc) is 3.59. The van der Waals surface area contributed by atoms with Crippen molar-refractivity contribution in [2.75, 3.05) is 19.8 Å². The van der Waals surface area contributed by atoms with Crippen LogP contribution in [0.4, 0.5) is 0 Å². The van der Waals surface area contributed by atoms with Crippen molar-refractivity contribution >= 4 is 0 Å². The van der Waals surface area contributed by atoms with Crippen LogP contribution >= 0.6 is 0 Å². The second-order valence-corrected chi connectivity index (χ2v) is 7.88. The summed E-state index contributed by atoms with van der Waals surface area (Å²) in [5.41, 5.74) is -0.170. The Kier molecular flexibility index (Phi) is 5.63. The molecule has 2 fully saturated rings. The van der Waals surface area contributed by atoms with Crippen molar-refractivity contribution < 1.29 is 19.3 Å². The second-order valence-electron chi connectivity index (χ2n) is 7.88. The highest BCUT2D eigenvalue weighted by Crippen LogP contribution is 2.16. The van der Waals surface area contributed by atoms with E-state index in [-0.39, 0.29) is 38.4 Å². The van der Waals surface area contributed by atoms with Crippen molar-refractivity contribution in [2.45, 2.75) is 51.8 Å². The number of hydrogen-bond acceptors (Lipinski definition) is 7. The maximum atomic E-state index is 12.8. The van der Waals surface area contributed by atoms with E-state index in [2.05, 4.69) is 0 Å². The lowest BCUT2D eigenvalue weighted by atomic mass is 10.1. The molecule has 2 aromatic rings. The van der Waals surface area contributed by atoms with Crippen LogP contribution < -0.4 is 21.8 Å². The summed E-state index contributed by atoms with van der Waals surface area (Å²) in [6, 6.07) is 5.68. The van der Waals surface area contributed by atoms with Crippen LogP contribution in [0.2, 0.25) is 0 Å². The first kappa shape index (κ1) is 20.6. The van der Waals surface area contributed by atoms with E-state index in [1.54, 1.807) is 0 Å². The number of rotatable bonds is 9. The molecule has 10 nitrogen and oxygen atoms in total. The molecule has 1 aromatic carbocycles. The van der Waals surface area contributed by atoms with Gasteiger partial charge in [-0.25, -0.2) is 28.1 Å². The first-order valence-electron chi connectivity index (χ1n) is 9.88. The van der Waals surface area contributed by atoms with Crippen LogP contribution in [0.1, 0.15) is 11.1 Å². The van der Waals surface area contributed by atoms with Crippen LogP contribution in [0, 0.1) is 13.8 Å². The molecular weight excluding hydrogens is 394 g/mol. The molecule has 162 valence electrons. The van der Waals surface area contributed by atoms with E-state index in [9.17, 15) is 19.5 Å². The Labute approximate surface area is 171 Å². The number of ether oxygens (including phenoxy) is 3. The molecule has 1 N–H and O–H groups in total. The Morgan fingerprint density at radius 1 is 0.933 bits per heavy atom. The summed E-state index contributed by atoms with van der Waals surface area (Å²) in [5.74, 6) is 0.595. The van der Waals surface area contributed by atoms with Gasteiger partial charge in [-0.2, -0.15) is 0 Å². The highest BCUT2D eigenvalue weighted by atomic mass is 16.6. The summed E-state index contributed by atoms with van der Waals surface area (Å²) < 4.78 is 18.7. The summed E-state index contributed by atoms with van der Waals surface area (Å²) in [5, 5.41) is 10.4. The molecule has 0 spiro atoms. The lowest BCUT2D eigenvalue weighted by Gasteiger charge is -2.16. The largest absolute Gasteiger partial charge is 0.491 e. The zero-order valence-corrected chi connectivity index (χ0v) is 16.9. The van der Waals surface area contributed by atoms with Gasteiger partial charge in [0.15, 0.2) is 0 Å². The Bertz CT molecular complexity index is 1040. The van der Waals surface area contributed by atoms with Gasteiger partial charge >= 0.3 is 17.1 Å². The van der Waals surface area contributed by atoms with Crippen molar-refractivity contribution in [1.82, 2.24) is 13.7 Å². The summed E-state index contributed by atoms with van der Waals surface area (Å²) in [4.78, 5) is 38.3. The Morgan fingerprint density at radius 3 is 1.87 bits per heavy atom. The van der Waals surface area contributed by atoms with Gasteiger partial charge in [0.05, 0.1) is 45.1 Å². The number of epoxide rings is 2. The molecule has 0 aliphatic carbocycles. The predicted octanol–water partition coefficient (Wildman–Crippen LogP) is -0.974. The van der Waals surface area contributed by atoms with Gasteiger partial charge in [-0.1, -0.05) is 6.07 Å². The predicted molar refractivity (Wildman–Crippen MR) is 106 cm³/mol. The molecule has 2 saturated heterocycles. The minimum Gasteiger partial charge on any atom is -0.491 e. The highest BCUT2D eigenvalue weighted by molar-refractivity contribution is 5.32. The van der Waals surface area contributed by atoms with Crippen molar-refractivity contribution in [3.63, 3.8) is 0 Å². The monoisotopic (exact) mass is 419 g/mol. The number of nitrogens with zero attached hydrogens (tertiary/aromatic N) is 3. The minimum atomic E-state index is -1.12. The SMILES string of the molecule is Cc1cc(C)cc(OCC(O)Cn2c(=O)n(CC3CO3)c(=O)n(CC3CO3)c2=O)c1. The van der Waals surface area contributed by atoms with Crippen molar-refractivity contribution in [3.8, 4) is 5.75 Å². The lowest BCUT2D eigenvalue weighted by Crippen LogP contribution is -2.56. The third-order valence-corrected chi connectivity index (χ3v) is 4.99. The van der Waals surface area contributed by atoms with E-state index < -0.39 is 23.2 Å². The van der Waals surface area contributed by atoms with E-state index in [1.807, 2.05) is 32.0 Å². The van der Waals surface area contributed by atoms with E-state index in [4.69, 9.17) is 14.2 Å². The first-order chi connectivity index (χ1) is 14.3. The fraction of sp³-hybridized carbons (Fsp3) is 0.550. The Balaban J connectivity index is 1.56. The quantitative estimate of drug-likeness (QED) is 0.519. The fourth-order valence-corrected chi connectivity index (χ4v) is 3.38. The summed E-state index contributed by atoms with van der Waals surface area (Å²) in [6.07, 6.45) is -1.56. The van der Waals surface area contributed by atoms with Gasteiger partial charge in [-0.05, 0) is 37.1 Å². The molecule has 10 heteroatoms. The number of benzene rings is 1. The first-order valence-corrected chi connectivity index (χ1v) is 9.88. The van der Waals surface area contributed by atoms with Gasteiger partial charge in [0.1, 0.15) is 18.5 Å². The molecule has 2 aliphatic rings. The normalized spacial score (nSPS) is 20.8. The summed E-state index contributed by atoms with van der Waals surface area (Å²) in [7, 11) is 0. The van der Waals surface area contributed by atoms with Gasteiger partial charge in [0, 0.05) is 0 Å². The molecule has 30 heavy (non-hydrogen) atoms. The number of aromatic nitrogens is 3. The summed E-state index contributed by atoms with van der Waals surface area (Å²) >= 11 is 0. The molecule has 0 amide bonds. The number of aliphatic hydroxyl groups excluding tert-OH is 1. The maximum Gasteiger partial charge on any atom is 0.336 e. The molecule has 0 saturated carbocycles. The Morgan fingerprint density at radius 2 is 1.40 bits per heavy atom. The third kappa shape index (κ3) is 4.72. The van der Waals surface area contributed by atoms with Gasteiger partial charge in [0.25, 0.3) is 0 Å². The molecular formula is C20H25N3O7. The molecule has 4 rings (SSSR count). The number of aryl methyl sites for hydroxylation is 2. The van der Waals surface area contributed by atoms with Gasteiger partial charge in [-0.15, -0.1) is 0 Å². The second kappa shape index (κ2) is 8.21. The highest BCUT2D eigenvalue weighted by Gasteiger charge is 2.29. The van der Waals surface area contributed by atoms with Crippen LogP contribution in [0.15, 0.2) is 32.6 Å². The van der Waals surface area contributed by atoms with Crippen molar-refractivity contribution in [2.24, 2.45) is 0 Å². The topological polar surface area (TPSA) is 121 Å². The van der Waals surface area contributed by atoms with Crippen LogP contribution in [0.5, 0.6) is 5.75 Å². The molecule has 0 bridgehead atoms. The molecule has 0 radical (unpaired) electrons. The summed E-state index contributed by atoms with van der Waals surface area (Å²) in [6.45, 7) is 4.54. The van der Waals surface area contributed by atoms with Crippen LogP contribution in [-0.2, 0) is 29.1 Å². The van der Waals surface area contributed by atoms with Gasteiger partial charge in [0.2, 0.25) is 0 Å². The Hall–Kier alpha value is -2.69. The standard InChI is InChI=1S/C20H25N3O7/c1-12-3-13(2)5-15(4-12)28-9-14(24)6-21-18(25)22(7-16-10-29-16)20(27)23(19(21)26)8-17-11-30-17/h3-5,14,16-17,24H,6-11H2,1-2H3. The maximum absolute atomic E-state index is 12.8. The number of hydrogen-bond donors (Lipinski definition) is 1. The number of aliphatic hydroxyl groups is 1. The van der Waals surface area contributed by atoms with Crippen LogP contribution in [0.3, 0.4) is 0 Å². The molecule has 2 aliphatic heterocycles. The van der Waals surface area contributed by atoms with E-state index in [0.717, 1.165) is 24.8 Å². The van der Waals surface area contributed by atoms with Crippen LogP contribution in [0.25, 0.3) is 0 Å². The van der Waals surface area contributed by atoms with E-state index in [0.29, 0.717) is 19.0 Å². The minimum absolute atomic E-state index is 0.0681. The third-order valence-electron chi connectivity index (χ3n) is 4.99. The van der Waals surface area contributed by atoms with E-state index in [1.165, 1.54) is 0 Å². The van der Waals surface area contributed by atoms with Crippen molar-refractivity contribution in [3.05, 3.63) is 60.8 Å². The zero-order valence-electron chi connectivity index (χ0n) is 16.9. The van der Waals surface area contributed by atoms with E-state index >= 15 is 0 Å².